The van der Waals surface area contributed by atoms with Crippen LogP contribution in [0.1, 0.15) is 30.0 Å². The maximum atomic E-state index is 11.4. The fourth-order valence-corrected chi connectivity index (χ4v) is 3.68. The lowest BCUT2D eigenvalue weighted by Crippen LogP contribution is -2.46. The lowest BCUT2D eigenvalue weighted by molar-refractivity contribution is 0.311. The van der Waals surface area contributed by atoms with Crippen LogP contribution in [-0.4, -0.2) is 16.0 Å². The van der Waals surface area contributed by atoms with E-state index in [1.807, 2.05) is 12.1 Å². The van der Waals surface area contributed by atoms with E-state index in [1.54, 1.807) is 6.26 Å². The van der Waals surface area contributed by atoms with Crippen LogP contribution in [0.5, 0.6) is 0 Å². The second-order valence-electron chi connectivity index (χ2n) is 6.46. The number of rotatable bonds is 4. The predicted octanol–water partition coefficient (Wildman–Crippen LogP) is 3.46. The molecule has 0 aliphatic heterocycles. The first-order valence-electron chi connectivity index (χ1n) is 7.80. The van der Waals surface area contributed by atoms with E-state index in [9.17, 15) is 4.21 Å². The minimum absolute atomic E-state index is 0.153. The normalized spacial score (nSPS) is 22.1. The van der Waals surface area contributed by atoms with Crippen molar-refractivity contribution in [1.82, 2.24) is 5.32 Å². The molecule has 0 radical (unpaired) electrons. The van der Waals surface area contributed by atoms with Gasteiger partial charge in [-0.3, -0.25) is 4.21 Å². The Labute approximate surface area is 135 Å². The van der Waals surface area contributed by atoms with Crippen LogP contribution in [0, 0.1) is 0 Å². The Morgan fingerprint density at radius 2 is 1.77 bits per heavy atom. The van der Waals surface area contributed by atoms with Gasteiger partial charge in [0, 0.05) is 34.0 Å². The number of fused-ring (bicyclic) bond motifs is 1. The zero-order valence-electron chi connectivity index (χ0n) is 13.3. The quantitative estimate of drug-likeness (QED) is 0.936. The van der Waals surface area contributed by atoms with E-state index >= 15 is 0 Å². The molecule has 3 rings (SSSR count). The number of aryl methyl sites for hydroxylation is 1. The fraction of sp³-hybridized carbons (Fsp3) is 0.368. The molecule has 0 saturated carbocycles. The molecule has 1 aliphatic carbocycles. The van der Waals surface area contributed by atoms with Gasteiger partial charge in [0.2, 0.25) is 0 Å². The van der Waals surface area contributed by atoms with Crippen molar-refractivity contribution in [3.8, 4) is 0 Å². The van der Waals surface area contributed by atoms with Crippen LogP contribution in [0.2, 0.25) is 0 Å². The molecule has 0 amide bonds. The second kappa shape index (κ2) is 6.35. The standard InChI is InChI=1S/C19H23NOS/c1-19(12-11-16-5-3-4-6-17(16)13-19)20-14-15-7-9-18(10-8-15)22(2)21/h3-10,20H,11-14H2,1-2H3/t19-,22-/m1/s1. The third-order valence-corrected chi connectivity index (χ3v) is 5.56. The molecule has 0 spiro atoms. The third-order valence-electron chi connectivity index (χ3n) is 4.62. The van der Waals surface area contributed by atoms with Crippen molar-refractivity contribution in [2.45, 2.75) is 43.2 Å². The molecule has 3 heteroatoms. The van der Waals surface area contributed by atoms with E-state index < -0.39 is 10.8 Å². The number of hydrogen-bond acceptors (Lipinski definition) is 2. The van der Waals surface area contributed by atoms with Gasteiger partial charge in [-0.25, -0.2) is 0 Å². The van der Waals surface area contributed by atoms with Gasteiger partial charge in [0.1, 0.15) is 0 Å². The molecule has 0 bridgehead atoms. The van der Waals surface area contributed by atoms with E-state index in [0.29, 0.717) is 0 Å². The topological polar surface area (TPSA) is 29.1 Å². The summed E-state index contributed by atoms with van der Waals surface area (Å²) >= 11 is 0. The van der Waals surface area contributed by atoms with Crippen LogP contribution >= 0.6 is 0 Å². The zero-order valence-corrected chi connectivity index (χ0v) is 14.1. The summed E-state index contributed by atoms with van der Waals surface area (Å²) in [5, 5.41) is 3.73. The van der Waals surface area contributed by atoms with Gasteiger partial charge in [-0.2, -0.15) is 0 Å². The molecular formula is C19H23NOS. The SMILES string of the molecule is C[S@@](=O)c1ccc(CN[C@]2(C)CCc3ccccc3C2)cc1. The molecule has 1 N–H and O–H groups in total. The summed E-state index contributed by atoms with van der Waals surface area (Å²) in [4.78, 5) is 0.890. The molecule has 0 heterocycles. The van der Waals surface area contributed by atoms with Crippen molar-refractivity contribution in [3.63, 3.8) is 0 Å². The maximum absolute atomic E-state index is 11.4. The first-order chi connectivity index (χ1) is 10.6. The highest BCUT2D eigenvalue weighted by molar-refractivity contribution is 7.84. The van der Waals surface area contributed by atoms with Gasteiger partial charge in [0.25, 0.3) is 0 Å². The molecule has 0 fully saturated rings. The van der Waals surface area contributed by atoms with Crippen molar-refractivity contribution in [2.75, 3.05) is 6.26 Å². The summed E-state index contributed by atoms with van der Waals surface area (Å²) in [7, 11) is -0.899. The number of benzene rings is 2. The lowest BCUT2D eigenvalue weighted by atomic mass is 9.79. The first kappa shape index (κ1) is 15.4. The van der Waals surface area contributed by atoms with Crippen molar-refractivity contribution in [3.05, 3.63) is 65.2 Å². The van der Waals surface area contributed by atoms with Gasteiger partial charge in [-0.1, -0.05) is 36.4 Å². The van der Waals surface area contributed by atoms with Crippen LogP contribution in [0.3, 0.4) is 0 Å². The van der Waals surface area contributed by atoms with Gasteiger partial charge >= 0.3 is 0 Å². The van der Waals surface area contributed by atoms with Gasteiger partial charge in [0.15, 0.2) is 0 Å². The Morgan fingerprint density at radius 3 is 2.45 bits per heavy atom. The summed E-state index contributed by atoms with van der Waals surface area (Å²) in [5.41, 5.74) is 4.37. The Hall–Kier alpha value is -1.45. The van der Waals surface area contributed by atoms with E-state index in [-0.39, 0.29) is 5.54 Å². The van der Waals surface area contributed by atoms with Gasteiger partial charge in [-0.15, -0.1) is 0 Å². The van der Waals surface area contributed by atoms with E-state index in [2.05, 4.69) is 48.6 Å². The van der Waals surface area contributed by atoms with Crippen LogP contribution in [-0.2, 0) is 30.2 Å². The van der Waals surface area contributed by atoms with Crippen LogP contribution < -0.4 is 5.32 Å². The molecule has 2 atom stereocenters. The average Bonchev–Trinajstić information content (AvgIpc) is 2.53. The summed E-state index contributed by atoms with van der Waals surface area (Å²) in [6.07, 6.45) is 5.11. The minimum Gasteiger partial charge on any atom is -0.307 e. The van der Waals surface area contributed by atoms with Crippen molar-refractivity contribution >= 4 is 10.8 Å². The molecule has 116 valence electrons. The molecular weight excluding hydrogens is 290 g/mol. The Balaban J connectivity index is 1.65. The highest BCUT2D eigenvalue weighted by atomic mass is 32.2. The number of nitrogens with one attached hydrogen (secondary N) is 1. The summed E-state index contributed by atoms with van der Waals surface area (Å²) in [6.45, 7) is 3.17. The summed E-state index contributed by atoms with van der Waals surface area (Å²) in [6, 6.07) is 16.8. The highest BCUT2D eigenvalue weighted by Gasteiger charge is 2.28. The Bertz CT molecular complexity index is 680. The molecule has 0 unspecified atom stereocenters. The van der Waals surface area contributed by atoms with E-state index in [4.69, 9.17) is 0 Å². The Morgan fingerprint density at radius 1 is 1.09 bits per heavy atom. The molecule has 0 saturated heterocycles. The fourth-order valence-electron chi connectivity index (χ4n) is 3.16. The molecule has 1 aliphatic rings. The largest absolute Gasteiger partial charge is 0.307 e. The van der Waals surface area contributed by atoms with Crippen LogP contribution in [0.4, 0.5) is 0 Å². The van der Waals surface area contributed by atoms with Crippen LogP contribution in [0.25, 0.3) is 0 Å². The molecule has 2 aromatic rings. The molecule has 0 aromatic heterocycles. The minimum atomic E-state index is -0.899. The first-order valence-corrected chi connectivity index (χ1v) is 9.36. The van der Waals surface area contributed by atoms with Crippen LogP contribution in [0.15, 0.2) is 53.4 Å². The average molecular weight is 313 g/mol. The van der Waals surface area contributed by atoms with E-state index in [0.717, 1.165) is 24.3 Å². The van der Waals surface area contributed by atoms with Crippen molar-refractivity contribution in [2.24, 2.45) is 0 Å². The Kier molecular flexibility index (Phi) is 4.46. The maximum Gasteiger partial charge on any atom is 0.0498 e. The smallest absolute Gasteiger partial charge is 0.0498 e. The third kappa shape index (κ3) is 3.47. The second-order valence-corrected chi connectivity index (χ2v) is 7.84. The summed E-state index contributed by atoms with van der Waals surface area (Å²) in [5.74, 6) is 0. The molecule has 22 heavy (non-hydrogen) atoms. The van der Waals surface area contributed by atoms with Gasteiger partial charge in [0.05, 0.1) is 0 Å². The predicted molar refractivity (Wildman–Crippen MR) is 92.5 cm³/mol. The monoisotopic (exact) mass is 313 g/mol. The summed E-state index contributed by atoms with van der Waals surface area (Å²) < 4.78 is 11.4. The molecule has 2 nitrogen and oxygen atoms in total. The highest BCUT2D eigenvalue weighted by Crippen LogP contribution is 2.28. The van der Waals surface area contributed by atoms with Crippen molar-refractivity contribution < 1.29 is 4.21 Å². The molecule has 2 aromatic carbocycles. The lowest BCUT2D eigenvalue weighted by Gasteiger charge is -2.36. The van der Waals surface area contributed by atoms with Gasteiger partial charge < -0.3 is 5.32 Å². The van der Waals surface area contributed by atoms with Crippen molar-refractivity contribution in [1.29, 1.82) is 0 Å². The number of hydrogen-bond donors (Lipinski definition) is 1. The zero-order chi connectivity index (χ0) is 15.6. The van der Waals surface area contributed by atoms with Gasteiger partial charge in [-0.05, 0) is 55.0 Å². The van der Waals surface area contributed by atoms with E-state index in [1.165, 1.54) is 23.1 Å².